The number of carboxylic acid groups (broad SMARTS) is 1. The first-order valence-electron chi connectivity index (χ1n) is 18.9. The monoisotopic (exact) mass is 759 g/mol. The first kappa shape index (κ1) is 37.9. The molecule has 1 aromatic rings. The lowest BCUT2D eigenvalue weighted by Gasteiger charge is -2.71. The van der Waals surface area contributed by atoms with Crippen molar-refractivity contribution in [2.45, 2.75) is 125 Å². The minimum atomic E-state index is -0.660. The maximum absolute atomic E-state index is 13.5. The largest absolute Gasteiger partial charge is 0.481 e. The third-order valence-electron chi connectivity index (χ3n) is 16.1. The maximum Gasteiger partial charge on any atom is 0.307 e. The van der Waals surface area contributed by atoms with Crippen LogP contribution in [0, 0.1) is 62.6 Å². The summed E-state index contributed by atoms with van der Waals surface area (Å²) in [6.07, 6.45) is 7.32. The number of amides is 1. The molecule has 1 aliphatic heterocycles. The standard InChI is InChI=1S/C39H62BrN5O5/c1-21(2)23(5)34(6)15-16-36(8)24-11-12-27-35(7)18-49-20-39(27,25(24)13-14-37(36,9)28(34)32(47)48)17-26(29(35)50-19-38(10,42)22(3)4)45-31(30(41)46)43-33(40)44-45/h13,21-24,26-29H,11-12,14-20,42H2,1-10H3,(H2,41,46)(H,47,48)/t23-,24+,26-,27+,28-,29+,34-,35+,36-,37+,38+,39+/m1/s1. The van der Waals surface area contributed by atoms with Gasteiger partial charge in [-0.05, 0) is 107 Å². The summed E-state index contributed by atoms with van der Waals surface area (Å²) < 4.78 is 15.7. The number of fused-ring (bicyclic) bond motifs is 3. The zero-order chi connectivity index (χ0) is 37.0. The quantitative estimate of drug-likeness (QED) is 0.227. The average Bonchev–Trinajstić information content (AvgIpc) is 3.41. The summed E-state index contributed by atoms with van der Waals surface area (Å²) >= 11 is 3.43. The van der Waals surface area contributed by atoms with E-state index in [0.29, 0.717) is 43.3 Å². The van der Waals surface area contributed by atoms with Gasteiger partial charge in [-0.2, -0.15) is 4.98 Å². The fraction of sp³-hybridized carbons (Fsp3) is 0.846. The molecule has 6 rings (SSSR count). The fourth-order valence-electron chi connectivity index (χ4n) is 12.3. The average molecular weight is 761 g/mol. The Labute approximate surface area is 307 Å². The van der Waals surface area contributed by atoms with E-state index in [-0.39, 0.29) is 57.9 Å². The van der Waals surface area contributed by atoms with Gasteiger partial charge in [-0.15, -0.1) is 5.10 Å². The van der Waals surface area contributed by atoms with E-state index in [1.54, 1.807) is 4.68 Å². The van der Waals surface area contributed by atoms with Crippen LogP contribution in [-0.2, 0) is 14.3 Å². The van der Waals surface area contributed by atoms with Gasteiger partial charge < -0.3 is 26.0 Å². The van der Waals surface area contributed by atoms with Crippen LogP contribution in [-0.4, -0.2) is 63.2 Å². The molecule has 0 radical (unpaired) electrons. The molecule has 1 aromatic heterocycles. The summed E-state index contributed by atoms with van der Waals surface area (Å²) in [5, 5.41) is 15.8. The lowest BCUT2D eigenvalue weighted by atomic mass is 9.34. The van der Waals surface area contributed by atoms with Crippen LogP contribution in [0.5, 0.6) is 0 Å². The van der Waals surface area contributed by atoms with Gasteiger partial charge in [-0.3, -0.25) is 9.59 Å². The first-order valence-corrected chi connectivity index (χ1v) is 19.7. The highest BCUT2D eigenvalue weighted by molar-refractivity contribution is 9.10. The summed E-state index contributed by atoms with van der Waals surface area (Å²) in [5.74, 6) is -0.312. The van der Waals surface area contributed by atoms with Crippen molar-refractivity contribution in [1.29, 1.82) is 0 Å². The van der Waals surface area contributed by atoms with Gasteiger partial charge in [0.1, 0.15) is 0 Å². The maximum atomic E-state index is 13.5. The Morgan fingerprint density at radius 3 is 2.40 bits per heavy atom. The van der Waals surface area contributed by atoms with Gasteiger partial charge in [-0.25, -0.2) is 4.68 Å². The molecule has 11 heteroatoms. The number of aliphatic carboxylic acids is 1. The molecule has 0 aromatic carbocycles. The summed E-state index contributed by atoms with van der Waals surface area (Å²) in [5.41, 5.74) is 11.9. The van der Waals surface area contributed by atoms with Crippen molar-refractivity contribution in [1.82, 2.24) is 14.8 Å². The highest BCUT2D eigenvalue weighted by Gasteiger charge is 2.72. The Balaban J connectivity index is 1.49. The molecule has 5 aliphatic rings. The summed E-state index contributed by atoms with van der Waals surface area (Å²) in [7, 11) is 0. The summed E-state index contributed by atoms with van der Waals surface area (Å²) in [4.78, 5) is 30.7. The zero-order valence-corrected chi connectivity index (χ0v) is 33.6. The number of hydrogen-bond donors (Lipinski definition) is 3. The predicted molar refractivity (Wildman–Crippen MR) is 196 cm³/mol. The highest BCUT2D eigenvalue weighted by atomic mass is 79.9. The van der Waals surface area contributed by atoms with Crippen molar-refractivity contribution in [3.05, 3.63) is 22.2 Å². The number of allylic oxidation sites excluding steroid dienone is 1. The number of carboxylic acids is 1. The number of nitrogens with two attached hydrogens (primary N) is 2. The van der Waals surface area contributed by atoms with Gasteiger partial charge in [0.05, 0.1) is 37.9 Å². The Morgan fingerprint density at radius 1 is 1.12 bits per heavy atom. The van der Waals surface area contributed by atoms with E-state index in [4.69, 9.17) is 26.0 Å². The highest BCUT2D eigenvalue weighted by Crippen LogP contribution is 2.75. The molecule has 4 fully saturated rings. The SMILES string of the molecule is CC(C)[C@@H](C)[C@@]1(C)CC[C@]2(C)[C@H]3CC[C@@H]4[C@@]5(COC[C@]4(C)[C@@H](OC[C@](C)(N)C(C)C)[C@H](n4nc(Br)nc4C(N)=O)C5)C3=CC[C@@]2(C)[C@@H]1C(=O)O. The van der Waals surface area contributed by atoms with E-state index < -0.39 is 34.2 Å². The molecule has 1 saturated heterocycles. The van der Waals surface area contributed by atoms with Crippen LogP contribution < -0.4 is 11.5 Å². The minimum Gasteiger partial charge on any atom is -0.481 e. The second-order valence-corrected chi connectivity index (χ2v) is 19.7. The van der Waals surface area contributed by atoms with Crippen molar-refractivity contribution in [2.75, 3.05) is 19.8 Å². The summed E-state index contributed by atoms with van der Waals surface area (Å²) in [6, 6.07) is -0.349. The molecule has 2 bridgehead atoms. The molecule has 5 N–H and O–H groups in total. The van der Waals surface area contributed by atoms with E-state index in [9.17, 15) is 14.7 Å². The molecule has 280 valence electrons. The predicted octanol–water partition coefficient (Wildman–Crippen LogP) is 7.03. The number of carbonyl (C=O) groups excluding carboxylic acids is 1. The van der Waals surface area contributed by atoms with Gasteiger partial charge in [0, 0.05) is 16.4 Å². The van der Waals surface area contributed by atoms with Crippen molar-refractivity contribution in [2.24, 2.45) is 74.0 Å². The van der Waals surface area contributed by atoms with E-state index in [0.717, 1.165) is 25.7 Å². The zero-order valence-electron chi connectivity index (χ0n) is 32.0. The van der Waals surface area contributed by atoms with Crippen molar-refractivity contribution in [3.63, 3.8) is 0 Å². The van der Waals surface area contributed by atoms with Gasteiger partial charge in [-0.1, -0.05) is 74.0 Å². The molecular weight excluding hydrogens is 698 g/mol. The molecule has 0 spiro atoms. The van der Waals surface area contributed by atoms with Gasteiger partial charge in [0.15, 0.2) is 0 Å². The smallest absolute Gasteiger partial charge is 0.307 e. The van der Waals surface area contributed by atoms with E-state index in [2.05, 4.69) is 89.3 Å². The minimum absolute atomic E-state index is 0.104. The number of ether oxygens (including phenoxy) is 2. The number of rotatable bonds is 9. The third-order valence-corrected chi connectivity index (χ3v) is 16.5. The number of nitrogens with zero attached hydrogens (tertiary/aromatic N) is 3. The van der Waals surface area contributed by atoms with Crippen LogP contribution in [0.25, 0.3) is 0 Å². The molecular formula is C39H62BrN5O5. The van der Waals surface area contributed by atoms with Crippen molar-refractivity contribution in [3.8, 4) is 0 Å². The topological polar surface area (TPSA) is 156 Å². The molecule has 10 nitrogen and oxygen atoms in total. The molecule has 4 aliphatic carbocycles. The van der Waals surface area contributed by atoms with Gasteiger partial charge >= 0.3 is 5.97 Å². The molecule has 50 heavy (non-hydrogen) atoms. The van der Waals surface area contributed by atoms with Crippen LogP contribution in [0.4, 0.5) is 0 Å². The molecule has 0 unspecified atom stereocenters. The molecule has 1 amide bonds. The molecule has 3 saturated carbocycles. The Hall–Kier alpha value is -1.82. The van der Waals surface area contributed by atoms with Crippen molar-refractivity contribution < 1.29 is 24.2 Å². The Morgan fingerprint density at radius 2 is 1.80 bits per heavy atom. The second-order valence-electron chi connectivity index (χ2n) is 19.0. The Kier molecular flexibility index (Phi) is 9.38. The number of carbonyl (C=O) groups is 2. The third kappa shape index (κ3) is 5.24. The van der Waals surface area contributed by atoms with Crippen LogP contribution in [0.15, 0.2) is 16.4 Å². The number of hydrogen-bond acceptors (Lipinski definition) is 7. The Bertz CT molecular complexity index is 1560. The van der Waals surface area contributed by atoms with Gasteiger partial charge in [0.25, 0.3) is 5.91 Å². The van der Waals surface area contributed by atoms with Crippen LogP contribution in [0.1, 0.15) is 124 Å². The van der Waals surface area contributed by atoms with Crippen LogP contribution in [0.3, 0.4) is 0 Å². The number of primary amides is 1. The first-order chi connectivity index (χ1) is 23.1. The number of aromatic nitrogens is 3. The van der Waals surface area contributed by atoms with E-state index >= 15 is 0 Å². The summed E-state index contributed by atoms with van der Waals surface area (Å²) in [6.45, 7) is 23.6. The molecule has 12 atom stereocenters. The number of halogens is 1. The van der Waals surface area contributed by atoms with Gasteiger partial charge in [0.2, 0.25) is 10.6 Å². The van der Waals surface area contributed by atoms with Crippen LogP contribution in [0.2, 0.25) is 0 Å². The lowest BCUT2D eigenvalue weighted by molar-refractivity contribution is -0.252. The van der Waals surface area contributed by atoms with E-state index in [1.807, 2.05) is 6.92 Å². The molecule has 2 heterocycles. The second kappa shape index (κ2) is 12.4. The normalized spacial score (nSPS) is 42.9. The lowest BCUT2D eigenvalue weighted by Crippen LogP contribution is -2.69. The fourth-order valence-corrected chi connectivity index (χ4v) is 12.6. The van der Waals surface area contributed by atoms with Crippen molar-refractivity contribution >= 4 is 27.8 Å². The van der Waals surface area contributed by atoms with Crippen LogP contribution >= 0.6 is 15.9 Å². The van der Waals surface area contributed by atoms with E-state index in [1.165, 1.54) is 5.57 Å².